The van der Waals surface area contributed by atoms with Gasteiger partial charge in [-0.05, 0) is 74.5 Å². The monoisotopic (exact) mass is 712 g/mol. The normalized spacial score (nSPS) is 16.0. The van der Waals surface area contributed by atoms with Gasteiger partial charge >= 0.3 is 5.97 Å². The number of nitrogens with zero attached hydrogens (tertiary/aromatic N) is 5. The van der Waals surface area contributed by atoms with Gasteiger partial charge in [0.2, 0.25) is 5.88 Å². The van der Waals surface area contributed by atoms with Crippen LogP contribution in [-0.2, 0) is 16.1 Å². The number of nitrogens with one attached hydrogen (secondary N) is 1. The van der Waals surface area contributed by atoms with Crippen molar-refractivity contribution in [3.05, 3.63) is 94.9 Å². The van der Waals surface area contributed by atoms with Gasteiger partial charge < -0.3 is 14.8 Å². The summed E-state index contributed by atoms with van der Waals surface area (Å²) in [6.45, 7) is 6.30. The molecule has 2 aromatic carbocycles. The van der Waals surface area contributed by atoms with Crippen LogP contribution in [0.4, 0.5) is 20.3 Å². The molecule has 0 unspecified atom stereocenters. The topological polar surface area (TPSA) is 102 Å². The van der Waals surface area contributed by atoms with Crippen LogP contribution in [0.25, 0.3) is 39.5 Å². The number of alkyl halides is 2. The maximum atomic E-state index is 13.8. The summed E-state index contributed by atoms with van der Waals surface area (Å²) in [6.07, 6.45) is 3.77. The molecule has 1 fully saturated rings. The van der Waals surface area contributed by atoms with Gasteiger partial charge in [-0.3, -0.25) is 14.7 Å². The molecule has 3 aromatic heterocycles. The minimum Gasteiger partial charge on any atom is -0.481 e. The van der Waals surface area contributed by atoms with Crippen molar-refractivity contribution in [3.63, 3.8) is 0 Å². The van der Waals surface area contributed by atoms with Crippen molar-refractivity contribution in [1.29, 1.82) is 0 Å². The second-order valence-electron chi connectivity index (χ2n) is 12.7. The Morgan fingerprint density at radius 3 is 2.47 bits per heavy atom. The number of anilines is 2. The number of aromatic nitrogens is 4. The molecule has 3 heterocycles. The Balaban J connectivity index is 1.26. The van der Waals surface area contributed by atoms with Crippen LogP contribution in [0.5, 0.6) is 5.88 Å². The molecule has 1 N–H and O–H groups in total. The van der Waals surface area contributed by atoms with Crippen LogP contribution in [0.15, 0.2) is 67.4 Å². The van der Waals surface area contributed by atoms with Crippen molar-refractivity contribution in [1.82, 2.24) is 24.8 Å². The molecule has 6 rings (SSSR count). The smallest absolute Gasteiger partial charge is 0.308 e. The van der Waals surface area contributed by atoms with E-state index in [1.165, 1.54) is 7.11 Å². The summed E-state index contributed by atoms with van der Waals surface area (Å²) >= 11 is 7.13. The second kappa shape index (κ2) is 15.5. The van der Waals surface area contributed by atoms with E-state index in [-0.39, 0.29) is 23.2 Å². The molecule has 9 nitrogen and oxygen atoms in total. The number of pyridine rings is 2. The third-order valence-electron chi connectivity index (χ3n) is 9.56. The highest BCUT2D eigenvalue weighted by molar-refractivity contribution is 6.36. The second-order valence-corrected chi connectivity index (χ2v) is 13.0. The van der Waals surface area contributed by atoms with Crippen LogP contribution in [-0.4, -0.2) is 58.1 Å². The number of methoxy groups -OCH3 is 2. The maximum Gasteiger partial charge on any atom is 0.308 e. The molecule has 12 heteroatoms. The van der Waals surface area contributed by atoms with Crippen molar-refractivity contribution in [3.8, 4) is 28.3 Å². The van der Waals surface area contributed by atoms with E-state index in [1.807, 2.05) is 55.5 Å². The molecule has 0 amide bonds. The first-order valence-electron chi connectivity index (χ1n) is 16.7. The average molecular weight is 713 g/mol. The van der Waals surface area contributed by atoms with Gasteiger partial charge in [-0.2, -0.15) is 0 Å². The Hall–Kier alpha value is -5.00. The standard InChI is InChI=1S/C39H39ClF2N6O3/c1-6-23-19-32-34(43-20-23)36(47-37(45-32)35(41)42)44-30-12-8-9-27(22(30)2)28-10-7-11-29(33(28)40)31-18-15-25(38(46-31)50-4)21-48(3)26-16-13-24(14-17-26)39(49)51-5/h6-12,15,18-20,24,26,35H,1,13-14,16-17,21H2,2-5H3,(H,44,45,47). The highest BCUT2D eigenvalue weighted by Crippen LogP contribution is 2.40. The van der Waals surface area contributed by atoms with Crippen LogP contribution in [0.3, 0.4) is 0 Å². The van der Waals surface area contributed by atoms with E-state index in [0.717, 1.165) is 53.5 Å². The molecular weight excluding hydrogens is 674 g/mol. The molecule has 0 bridgehead atoms. The first-order chi connectivity index (χ1) is 24.6. The summed E-state index contributed by atoms with van der Waals surface area (Å²) in [5.41, 5.74) is 6.73. The maximum absolute atomic E-state index is 13.8. The molecular formula is C39H39ClF2N6O3. The summed E-state index contributed by atoms with van der Waals surface area (Å²) in [4.78, 5) is 31.7. The quantitative estimate of drug-likeness (QED) is 0.134. The summed E-state index contributed by atoms with van der Waals surface area (Å²) < 4.78 is 38.3. The molecule has 264 valence electrons. The van der Waals surface area contributed by atoms with Crippen molar-refractivity contribution in [2.45, 2.75) is 51.6 Å². The number of carbonyl (C=O) groups is 1. The number of hydrogen-bond acceptors (Lipinski definition) is 9. The van der Waals surface area contributed by atoms with Gasteiger partial charge in [0.05, 0.1) is 36.4 Å². The van der Waals surface area contributed by atoms with E-state index < -0.39 is 12.2 Å². The fourth-order valence-corrected chi connectivity index (χ4v) is 7.03. The fraction of sp³-hybridized carbons (Fsp3) is 0.308. The van der Waals surface area contributed by atoms with Crippen molar-refractivity contribution in [2.75, 3.05) is 26.6 Å². The first-order valence-corrected chi connectivity index (χ1v) is 17.1. The van der Waals surface area contributed by atoms with Gasteiger partial charge in [-0.1, -0.05) is 60.7 Å². The van der Waals surface area contributed by atoms with Gasteiger partial charge in [0.1, 0.15) is 5.52 Å². The molecule has 0 spiro atoms. The Morgan fingerprint density at radius 2 is 1.76 bits per heavy atom. The zero-order valence-electron chi connectivity index (χ0n) is 28.9. The summed E-state index contributed by atoms with van der Waals surface area (Å²) in [5, 5.41) is 3.73. The van der Waals surface area contributed by atoms with Gasteiger partial charge in [-0.15, -0.1) is 0 Å². The molecule has 5 aromatic rings. The van der Waals surface area contributed by atoms with E-state index in [9.17, 15) is 13.6 Å². The zero-order valence-corrected chi connectivity index (χ0v) is 29.7. The first kappa shape index (κ1) is 35.8. The van der Waals surface area contributed by atoms with Crippen molar-refractivity contribution >= 4 is 46.2 Å². The van der Waals surface area contributed by atoms with Gasteiger partial charge in [0.15, 0.2) is 11.6 Å². The third kappa shape index (κ3) is 7.55. The lowest BCUT2D eigenvalue weighted by atomic mass is 9.85. The van der Waals surface area contributed by atoms with E-state index in [1.54, 1.807) is 25.4 Å². The Labute approximate surface area is 300 Å². The number of carbonyl (C=O) groups excluding carboxylic acids is 1. The van der Waals surface area contributed by atoms with Gasteiger partial charge in [-0.25, -0.2) is 23.7 Å². The highest BCUT2D eigenvalue weighted by Gasteiger charge is 2.29. The van der Waals surface area contributed by atoms with Crippen LogP contribution in [0.2, 0.25) is 5.02 Å². The predicted octanol–water partition coefficient (Wildman–Crippen LogP) is 9.21. The summed E-state index contributed by atoms with van der Waals surface area (Å²) in [7, 11) is 5.14. The van der Waals surface area contributed by atoms with Crippen LogP contribution in [0, 0.1) is 12.8 Å². The van der Waals surface area contributed by atoms with Crippen LogP contribution >= 0.6 is 11.6 Å². The largest absolute Gasteiger partial charge is 0.481 e. The minimum atomic E-state index is -2.86. The van der Waals surface area contributed by atoms with Crippen molar-refractivity contribution in [2.24, 2.45) is 5.92 Å². The average Bonchev–Trinajstić information content (AvgIpc) is 3.15. The third-order valence-corrected chi connectivity index (χ3v) is 9.97. The lowest BCUT2D eigenvalue weighted by Gasteiger charge is -2.34. The number of hydrogen-bond donors (Lipinski definition) is 1. The Morgan fingerprint density at radius 1 is 1.04 bits per heavy atom. The Kier molecular flexibility index (Phi) is 10.9. The lowest BCUT2D eigenvalue weighted by Crippen LogP contribution is -2.36. The molecule has 51 heavy (non-hydrogen) atoms. The minimum absolute atomic E-state index is 0.0263. The number of esters is 1. The molecule has 0 aliphatic heterocycles. The number of rotatable bonds is 11. The van der Waals surface area contributed by atoms with Crippen molar-refractivity contribution < 1.29 is 23.0 Å². The fourth-order valence-electron chi connectivity index (χ4n) is 6.71. The van der Waals surface area contributed by atoms with Crippen LogP contribution in [0.1, 0.15) is 54.6 Å². The molecule has 0 atom stereocenters. The van der Waals surface area contributed by atoms with Crippen LogP contribution < -0.4 is 10.1 Å². The zero-order chi connectivity index (χ0) is 36.2. The number of fused-ring (bicyclic) bond motifs is 1. The number of benzene rings is 2. The highest BCUT2D eigenvalue weighted by atomic mass is 35.5. The number of halogens is 3. The molecule has 1 aliphatic rings. The molecule has 0 saturated heterocycles. The van der Waals surface area contributed by atoms with Gasteiger partial charge in [0, 0.05) is 41.2 Å². The Bertz CT molecular complexity index is 2090. The lowest BCUT2D eigenvalue weighted by molar-refractivity contribution is -0.146. The number of ether oxygens (including phenoxy) is 2. The summed E-state index contributed by atoms with van der Waals surface area (Å²) in [6, 6.07) is 17.4. The van der Waals surface area contributed by atoms with E-state index >= 15 is 0 Å². The molecule has 1 aliphatic carbocycles. The molecule has 1 saturated carbocycles. The SMILES string of the molecule is C=Cc1cnc2c(Nc3cccc(-c4cccc(-c5ccc(CN(C)C6CCC(C(=O)OC)CC6)c(OC)n5)c4Cl)c3C)nc(C(F)F)nc2c1. The summed E-state index contributed by atoms with van der Waals surface area (Å²) in [5.74, 6) is -0.0631. The van der Waals surface area contributed by atoms with E-state index in [2.05, 4.69) is 38.8 Å². The van der Waals surface area contributed by atoms with E-state index in [4.69, 9.17) is 26.1 Å². The predicted molar refractivity (Wildman–Crippen MR) is 196 cm³/mol. The molecule has 0 radical (unpaired) electrons. The van der Waals surface area contributed by atoms with Gasteiger partial charge in [0.25, 0.3) is 6.43 Å². The van der Waals surface area contributed by atoms with E-state index in [0.29, 0.717) is 46.0 Å².